The van der Waals surface area contributed by atoms with Gasteiger partial charge in [0.25, 0.3) is 0 Å². The molecule has 0 amide bonds. The molecule has 0 N–H and O–H groups in total. The second-order valence-corrected chi connectivity index (χ2v) is 9.22. The van der Waals surface area contributed by atoms with Crippen LogP contribution in [0.2, 0.25) is 0 Å². The van der Waals surface area contributed by atoms with E-state index in [1.54, 1.807) is 24.3 Å². The normalized spacial score (nSPS) is 15.0. The molecule has 0 saturated carbocycles. The summed E-state index contributed by atoms with van der Waals surface area (Å²) in [6.45, 7) is 0. The summed E-state index contributed by atoms with van der Waals surface area (Å²) in [5, 5.41) is 1.73. The minimum absolute atomic E-state index is 0.0641. The largest absolute Gasteiger partial charge is 0.208 e. The molecule has 0 aliphatic heterocycles. The summed E-state index contributed by atoms with van der Waals surface area (Å²) in [4.78, 5) is 13.9. The monoisotopic (exact) mass is 501 g/mol. The predicted molar refractivity (Wildman–Crippen MR) is 154 cm³/mol. The highest BCUT2D eigenvalue weighted by molar-refractivity contribution is 7.26. The van der Waals surface area contributed by atoms with Crippen molar-refractivity contribution in [3.63, 3.8) is 0 Å². The molecule has 5 aromatic carbocycles. The van der Waals surface area contributed by atoms with E-state index in [2.05, 4.69) is 9.97 Å². The van der Waals surface area contributed by atoms with Crippen LogP contribution in [0, 0.1) is 0 Å². The Labute approximate surface area is 232 Å². The van der Waals surface area contributed by atoms with Crippen LogP contribution >= 0.6 is 11.3 Å². The van der Waals surface area contributed by atoms with E-state index in [1.165, 1.54) is 11.3 Å². The smallest absolute Gasteiger partial charge is 0.164 e. The summed E-state index contributed by atoms with van der Waals surface area (Å²) in [6, 6.07) is 16.0. The summed E-state index contributed by atoms with van der Waals surface area (Å²) in [5.41, 5.74) is 1.75. The van der Waals surface area contributed by atoms with Crippen LogP contribution in [0.15, 0.2) is 127 Å². The van der Waals surface area contributed by atoms with Crippen molar-refractivity contribution in [2.75, 3.05) is 0 Å². The Bertz CT molecular complexity index is 2370. The second-order valence-electron chi connectivity index (χ2n) is 8.17. The molecule has 4 heteroatoms. The Morgan fingerprint density at radius 2 is 1.16 bits per heavy atom. The van der Waals surface area contributed by atoms with Crippen LogP contribution < -0.4 is 0 Å². The summed E-state index contributed by atoms with van der Waals surface area (Å²) in [6.07, 6.45) is 0. The maximum atomic E-state index is 8.53. The number of benzene rings is 5. The lowest BCUT2D eigenvalue weighted by molar-refractivity contribution is 1.07. The zero-order chi connectivity index (χ0) is 33.3. The molecular formula is C33H21N3S. The van der Waals surface area contributed by atoms with Gasteiger partial charge in [0, 0.05) is 36.9 Å². The molecule has 0 unspecified atom stereocenters. The third-order valence-corrected chi connectivity index (χ3v) is 7.12. The van der Waals surface area contributed by atoms with Crippen molar-refractivity contribution in [3.05, 3.63) is 127 Å². The molecule has 0 atom stereocenters. The van der Waals surface area contributed by atoms with E-state index in [1.807, 2.05) is 42.5 Å². The molecule has 0 aliphatic carbocycles. The van der Waals surface area contributed by atoms with Gasteiger partial charge in [-0.25, -0.2) is 15.0 Å². The molecule has 37 heavy (non-hydrogen) atoms. The Kier molecular flexibility index (Phi) is 3.34. The van der Waals surface area contributed by atoms with Gasteiger partial charge in [-0.05, 0) is 17.2 Å². The van der Waals surface area contributed by atoms with Crippen LogP contribution in [0.25, 0.3) is 65.5 Å². The van der Waals surface area contributed by atoms with Gasteiger partial charge in [-0.1, -0.05) is 121 Å². The first kappa shape index (κ1) is 13.6. The lowest BCUT2D eigenvalue weighted by Gasteiger charge is -2.08. The fourth-order valence-corrected chi connectivity index (χ4v) is 5.48. The van der Waals surface area contributed by atoms with Crippen LogP contribution in [0.1, 0.15) is 13.7 Å². The minimum Gasteiger partial charge on any atom is -0.208 e. The Balaban J connectivity index is 1.45. The van der Waals surface area contributed by atoms with Gasteiger partial charge in [0.05, 0.1) is 13.7 Å². The summed E-state index contributed by atoms with van der Waals surface area (Å²) < 4.78 is 84.3. The van der Waals surface area contributed by atoms with Gasteiger partial charge in [-0.3, -0.25) is 0 Å². The Hall–Kier alpha value is -4.67. The van der Waals surface area contributed by atoms with Gasteiger partial charge in [0.2, 0.25) is 0 Å². The van der Waals surface area contributed by atoms with Gasteiger partial charge in [-0.15, -0.1) is 11.3 Å². The second kappa shape index (κ2) is 9.08. The molecule has 174 valence electrons. The third-order valence-electron chi connectivity index (χ3n) is 5.92. The van der Waals surface area contributed by atoms with E-state index in [9.17, 15) is 0 Å². The standard InChI is InChI=1S/C33H21N3S/c1-4-11-22(12-5-1)26-17-10-18-28-27-20-19-25(21-29(27)37-30(26)28)33-35-31(23-13-6-2-7-14-23)34-32(36-33)24-15-8-3-9-16-24/h1-21H/i1D,2D,4D,5D,6D,7D,11D,12D,13D,14D. The molecule has 7 aromatic rings. The average molecular weight is 502 g/mol. The van der Waals surface area contributed by atoms with Crippen LogP contribution in [0.4, 0.5) is 0 Å². The lowest BCUT2D eigenvalue weighted by atomic mass is 10.0. The minimum atomic E-state index is -0.514. The zero-order valence-electron chi connectivity index (χ0n) is 29.1. The van der Waals surface area contributed by atoms with Crippen LogP contribution in [0.5, 0.6) is 0 Å². The first-order chi connectivity index (χ1) is 22.5. The number of aromatic nitrogens is 3. The highest BCUT2D eigenvalue weighted by Crippen LogP contribution is 2.41. The Morgan fingerprint density at radius 3 is 1.89 bits per heavy atom. The number of nitrogens with zero attached hydrogens (tertiary/aromatic N) is 3. The topological polar surface area (TPSA) is 38.7 Å². The molecule has 0 fully saturated rings. The SMILES string of the molecule is [2H]c1c([2H])c([2H])c(-c2nc(-c3ccccc3)nc(-c3ccc4c(c3)sc3c(-c5c([2H])c([2H])c([2H])c([2H])c5[2H])cccc34)n2)c([2H])c1[2H]. The zero-order valence-corrected chi connectivity index (χ0v) is 19.9. The van der Waals surface area contributed by atoms with Gasteiger partial charge >= 0.3 is 0 Å². The van der Waals surface area contributed by atoms with Crippen molar-refractivity contribution < 1.29 is 13.7 Å². The Morgan fingerprint density at radius 1 is 0.514 bits per heavy atom. The van der Waals surface area contributed by atoms with Crippen LogP contribution in [-0.2, 0) is 0 Å². The molecule has 0 radical (unpaired) electrons. The molecule has 0 spiro atoms. The molecule has 0 bridgehead atoms. The predicted octanol–water partition coefficient (Wildman–Crippen LogP) is 8.91. The number of rotatable bonds is 4. The van der Waals surface area contributed by atoms with E-state index >= 15 is 0 Å². The number of hydrogen-bond donors (Lipinski definition) is 0. The fourth-order valence-electron chi connectivity index (χ4n) is 4.21. The summed E-state index contributed by atoms with van der Waals surface area (Å²) in [7, 11) is 0. The van der Waals surface area contributed by atoms with E-state index in [4.69, 9.17) is 18.7 Å². The molecular weight excluding hydrogens is 470 g/mol. The fraction of sp³-hybridized carbons (Fsp3) is 0. The van der Waals surface area contributed by atoms with Crippen molar-refractivity contribution in [2.45, 2.75) is 0 Å². The van der Waals surface area contributed by atoms with Crippen LogP contribution in [-0.4, -0.2) is 15.0 Å². The van der Waals surface area contributed by atoms with Crippen molar-refractivity contribution in [1.82, 2.24) is 15.0 Å². The van der Waals surface area contributed by atoms with Gasteiger partial charge in [0.1, 0.15) is 0 Å². The van der Waals surface area contributed by atoms with Gasteiger partial charge < -0.3 is 0 Å². The number of thiophene rings is 1. The maximum absolute atomic E-state index is 8.53. The quantitative estimate of drug-likeness (QED) is 0.242. The van der Waals surface area contributed by atoms with Crippen molar-refractivity contribution >= 4 is 31.5 Å². The van der Waals surface area contributed by atoms with Crippen molar-refractivity contribution in [2.24, 2.45) is 0 Å². The van der Waals surface area contributed by atoms with E-state index in [0.29, 0.717) is 16.7 Å². The first-order valence-electron chi connectivity index (χ1n) is 16.4. The lowest BCUT2D eigenvalue weighted by Crippen LogP contribution is -1.99. The highest BCUT2D eigenvalue weighted by atomic mass is 32.1. The third kappa shape index (κ3) is 3.98. The van der Waals surface area contributed by atoms with Gasteiger partial charge in [-0.2, -0.15) is 0 Å². The van der Waals surface area contributed by atoms with E-state index < -0.39 is 48.3 Å². The van der Waals surface area contributed by atoms with Gasteiger partial charge in [0.15, 0.2) is 17.5 Å². The molecule has 7 rings (SSSR count). The van der Waals surface area contributed by atoms with Crippen LogP contribution in [0.3, 0.4) is 0 Å². The molecule has 0 aliphatic rings. The maximum Gasteiger partial charge on any atom is 0.164 e. The number of fused-ring (bicyclic) bond motifs is 3. The molecule has 2 aromatic heterocycles. The molecule has 3 nitrogen and oxygen atoms in total. The molecule has 0 saturated heterocycles. The van der Waals surface area contributed by atoms with E-state index in [-0.39, 0.29) is 40.7 Å². The van der Waals surface area contributed by atoms with E-state index in [0.717, 1.165) is 20.2 Å². The first-order valence-corrected chi connectivity index (χ1v) is 12.2. The highest BCUT2D eigenvalue weighted by Gasteiger charge is 2.15. The van der Waals surface area contributed by atoms with Crippen molar-refractivity contribution in [3.8, 4) is 45.3 Å². The molecule has 2 heterocycles. The summed E-state index contributed by atoms with van der Waals surface area (Å²) >= 11 is 1.40. The van der Waals surface area contributed by atoms with Crippen molar-refractivity contribution in [1.29, 1.82) is 0 Å². The number of hydrogen-bond acceptors (Lipinski definition) is 4. The average Bonchev–Trinajstić information content (AvgIpc) is 3.47. The summed E-state index contributed by atoms with van der Waals surface area (Å²) in [5.74, 6) is 0.425.